The van der Waals surface area contributed by atoms with Crippen molar-refractivity contribution >= 4 is 174 Å². The summed E-state index contributed by atoms with van der Waals surface area (Å²) in [6.45, 7) is 0. The highest BCUT2D eigenvalue weighted by Gasteiger charge is 2.22. The molecule has 0 N–H and O–H groups in total. The molecule has 0 saturated heterocycles. The molecule has 0 atom stereocenters. The molecule has 8 heterocycles. The zero-order valence-corrected chi connectivity index (χ0v) is 62.4. The van der Waals surface area contributed by atoms with Crippen LogP contribution < -0.4 is 0 Å². The van der Waals surface area contributed by atoms with E-state index in [9.17, 15) is 0 Å². The van der Waals surface area contributed by atoms with Gasteiger partial charge in [-0.3, -0.25) is 0 Å². The first kappa shape index (κ1) is 67.9. The second-order valence-corrected chi connectivity index (χ2v) is 30.1. The fraction of sp³-hybridized carbons (Fsp3) is 0. The largest absolute Gasteiger partial charge is 0.452 e. The van der Waals surface area contributed by atoms with Crippen LogP contribution in [0.1, 0.15) is 0 Å². The van der Waals surface area contributed by atoms with Gasteiger partial charge in [0.2, 0.25) is 0 Å². The molecule has 0 unspecified atom stereocenters. The van der Waals surface area contributed by atoms with Gasteiger partial charge in [-0.2, -0.15) is 0 Å². The van der Waals surface area contributed by atoms with Gasteiger partial charge < -0.3 is 4.42 Å². The van der Waals surface area contributed by atoms with Gasteiger partial charge in [0.25, 0.3) is 0 Å². The highest BCUT2D eigenvalue weighted by Crippen LogP contribution is 2.44. The number of furan rings is 1. The normalized spacial score (nSPS) is 11.3. The van der Waals surface area contributed by atoms with Crippen molar-refractivity contribution in [3.8, 4) is 90.5 Å². The van der Waals surface area contributed by atoms with Gasteiger partial charge in [0.05, 0.1) is 16.8 Å². The number of fused-ring (bicyclic) bond motifs is 13. The Bertz CT molecular complexity index is 6900. The molecular weight excluding hydrogens is 1470 g/mol. The van der Waals surface area contributed by atoms with Crippen LogP contribution >= 0.6 is 80.4 Å². The molecule has 0 bridgehead atoms. The number of aromatic nitrogens is 8. The third kappa shape index (κ3) is 13.6. The lowest BCUT2D eigenvalue weighted by molar-refractivity contribution is 0.667. The predicted octanol–water partition coefficient (Wildman–Crippen LogP) is 28.0. The molecule has 108 heavy (non-hydrogen) atoms. The lowest BCUT2D eigenvalue weighted by Gasteiger charge is -2.08. The van der Waals surface area contributed by atoms with Gasteiger partial charge in [0, 0.05) is 100 Å². The van der Waals surface area contributed by atoms with Crippen LogP contribution in [0.4, 0.5) is 0 Å². The van der Waals surface area contributed by atoms with Crippen LogP contribution in [0.5, 0.6) is 0 Å². The van der Waals surface area contributed by atoms with Crippen LogP contribution in [0.2, 0.25) is 20.2 Å². The number of para-hydroxylation sites is 1. The Morgan fingerprint density at radius 2 is 0.593 bits per heavy atom. The third-order valence-electron chi connectivity index (χ3n) is 18.6. The Balaban J connectivity index is 0.000000102. The van der Waals surface area contributed by atoms with E-state index in [1.54, 1.807) is 34.0 Å². The summed E-state index contributed by atoms with van der Waals surface area (Å²) < 4.78 is 9.72. The maximum atomic E-state index is 6.54. The van der Waals surface area contributed by atoms with Crippen molar-refractivity contribution in [1.82, 2.24) is 39.9 Å². The van der Waals surface area contributed by atoms with Gasteiger partial charge in [-0.15, -0.1) is 34.0 Å². The molecule has 0 aliphatic heterocycles. The smallest absolute Gasteiger partial charge is 0.180 e. The standard InChI is InChI=1S/C28H17ClN2S.C22H13ClN2O.C22H13ClN2S.C20H11ClN2S/c29-22-16-14-20(15-17-22)26-25-23-8-4-5-9-24(23)32-28(25)31-27(30-26)21-12-10-19(11-13-21)18-6-2-1-3-7-18;23-16-12-10-14(11-13-16)19-21-20(17-8-4-5-9-18(17)26-21)25-22(24-19)15-6-2-1-3-7-15;23-16-12-10-15(11-13-16)21-24-20(14-6-2-1-3-7-14)19-17-8-4-5-9-18(17)26-22(19)25-21;21-18-17-15-9-3-4-11-16(15)24-20(17)23-19(22-18)14-10-5-7-12-6-1-2-8-13(12)14/h1-17H;2*1-13H;1-11H. The second-order valence-electron chi connectivity index (χ2n) is 25.4. The second kappa shape index (κ2) is 29.8. The van der Waals surface area contributed by atoms with E-state index in [2.05, 4.69) is 145 Å². The van der Waals surface area contributed by atoms with Crippen LogP contribution in [0.3, 0.4) is 0 Å². The van der Waals surface area contributed by atoms with E-state index >= 15 is 0 Å². The van der Waals surface area contributed by atoms with Crippen LogP contribution in [0.25, 0.3) is 184 Å². The van der Waals surface area contributed by atoms with Crippen molar-refractivity contribution in [3.63, 3.8) is 0 Å². The van der Waals surface area contributed by atoms with Gasteiger partial charge >= 0.3 is 0 Å². The molecule has 16 heteroatoms. The Kier molecular flexibility index (Phi) is 18.7. The Hall–Kier alpha value is -11.9. The molecule has 21 aromatic rings. The number of rotatable bonds is 8. The van der Waals surface area contributed by atoms with E-state index in [4.69, 9.17) is 85.7 Å². The molecule has 13 aromatic carbocycles. The Morgan fingerprint density at radius 3 is 1.14 bits per heavy atom. The SMILES string of the molecule is Clc1ccc(-c2nc(-c3ccc(-c4ccccc4)cc3)nc3sc4ccccc4c23)cc1.Clc1ccc(-c2nc(-c3ccccc3)c3c(n2)sc2ccccc23)cc1.Clc1ccc(-c2nc(-c3ccccc3)nc3c2oc2ccccc23)cc1.Clc1nc(-c2cccc3ccccc23)nc2sc3ccccc3c12. The Labute approximate surface area is 651 Å². The minimum absolute atomic E-state index is 0.514. The fourth-order valence-electron chi connectivity index (χ4n) is 13.4. The summed E-state index contributed by atoms with van der Waals surface area (Å²) in [6.07, 6.45) is 0. The lowest BCUT2D eigenvalue weighted by atomic mass is 10.0. The van der Waals surface area contributed by atoms with E-state index in [1.807, 2.05) is 188 Å². The van der Waals surface area contributed by atoms with Gasteiger partial charge in [-0.1, -0.05) is 295 Å². The van der Waals surface area contributed by atoms with Gasteiger partial charge in [0.1, 0.15) is 36.4 Å². The first-order valence-corrected chi connectivity index (χ1v) is 38.6. The van der Waals surface area contributed by atoms with Crippen molar-refractivity contribution in [3.05, 3.63) is 348 Å². The minimum Gasteiger partial charge on any atom is -0.452 e. The Morgan fingerprint density at radius 1 is 0.241 bits per heavy atom. The maximum absolute atomic E-state index is 6.54. The molecule has 0 saturated carbocycles. The van der Waals surface area contributed by atoms with Gasteiger partial charge in [-0.05, 0) is 101 Å². The predicted molar refractivity (Wildman–Crippen MR) is 455 cm³/mol. The van der Waals surface area contributed by atoms with Crippen molar-refractivity contribution in [2.75, 3.05) is 0 Å². The summed E-state index contributed by atoms with van der Waals surface area (Å²) in [6, 6.07) is 110. The molecule has 0 fully saturated rings. The number of benzene rings is 13. The molecule has 0 radical (unpaired) electrons. The number of halogens is 4. The number of nitrogens with zero attached hydrogens (tertiary/aromatic N) is 8. The molecule has 0 spiro atoms. The van der Waals surface area contributed by atoms with E-state index < -0.39 is 0 Å². The number of hydrogen-bond acceptors (Lipinski definition) is 12. The zero-order valence-electron chi connectivity index (χ0n) is 56.9. The topological polar surface area (TPSA) is 116 Å². The minimum atomic E-state index is 0.514. The van der Waals surface area contributed by atoms with E-state index in [0.29, 0.717) is 37.5 Å². The first-order valence-electron chi connectivity index (χ1n) is 34.6. The van der Waals surface area contributed by atoms with E-state index in [-0.39, 0.29) is 0 Å². The molecule has 21 rings (SSSR count). The van der Waals surface area contributed by atoms with Crippen molar-refractivity contribution in [1.29, 1.82) is 0 Å². The van der Waals surface area contributed by atoms with Crippen molar-refractivity contribution in [2.45, 2.75) is 0 Å². The van der Waals surface area contributed by atoms with E-state index in [0.717, 1.165) is 126 Å². The van der Waals surface area contributed by atoms with Crippen molar-refractivity contribution < 1.29 is 4.42 Å². The molecule has 514 valence electrons. The highest BCUT2D eigenvalue weighted by atomic mass is 35.5. The van der Waals surface area contributed by atoms with Crippen LogP contribution in [-0.4, -0.2) is 39.9 Å². The van der Waals surface area contributed by atoms with Crippen LogP contribution in [0, 0.1) is 0 Å². The molecule has 0 aliphatic rings. The van der Waals surface area contributed by atoms with Crippen molar-refractivity contribution in [2.24, 2.45) is 0 Å². The molecule has 0 amide bonds. The highest BCUT2D eigenvalue weighted by molar-refractivity contribution is 7.26. The lowest BCUT2D eigenvalue weighted by Crippen LogP contribution is -1.93. The number of hydrogen-bond donors (Lipinski definition) is 0. The average molecular weight is 1530 g/mol. The van der Waals surface area contributed by atoms with E-state index in [1.165, 1.54) is 41.4 Å². The summed E-state index contributed by atoms with van der Waals surface area (Å²) in [4.78, 5) is 41.8. The summed E-state index contributed by atoms with van der Waals surface area (Å²) in [7, 11) is 0. The average Bonchev–Trinajstić information content (AvgIpc) is 1.62. The molecule has 9 nitrogen and oxygen atoms in total. The fourth-order valence-corrected chi connectivity index (χ4v) is 17.3. The van der Waals surface area contributed by atoms with Gasteiger partial charge in [0.15, 0.2) is 28.9 Å². The first-order chi connectivity index (χ1) is 53.2. The maximum Gasteiger partial charge on any atom is 0.180 e. The summed E-state index contributed by atoms with van der Waals surface area (Å²) in [5.74, 6) is 2.80. The number of thiophene rings is 3. The summed E-state index contributed by atoms with van der Waals surface area (Å²) in [5.41, 5.74) is 14.4. The third-order valence-corrected chi connectivity index (χ3v) is 22.8. The molecular formula is C92H54Cl4N8OS3. The zero-order chi connectivity index (χ0) is 72.6. The molecule has 0 aliphatic carbocycles. The monoisotopic (exact) mass is 1520 g/mol. The van der Waals surface area contributed by atoms with Gasteiger partial charge in [-0.25, -0.2) is 39.9 Å². The van der Waals surface area contributed by atoms with Crippen LogP contribution in [0.15, 0.2) is 332 Å². The summed E-state index contributed by atoms with van der Waals surface area (Å²) in [5, 5.41) is 12.6. The summed E-state index contributed by atoms with van der Waals surface area (Å²) >= 11 is 29.8. The molecule has 8 aromatic heterocycles. The van der Waals surface area contributed by atoms with Crippen LogP contribution in [-0.2, 0) is 0 Å². The quantitative estimate of drug-likeness (QED) is 0.137.